The summed E-state index contributed by atoms with van der Waals surface area (Å²) in [7, 11) is 0. The number of nitro groups is 1. The SMILES string of the molecule is NC(c1ccccc1)C(N)c1ccc([N+](=O)[O-])cc1. The average Bonchev–Trinajstić information content (AvgIpc) is 2.46. The van der Waals surface area contributed by atoms with Gasteiger partial charge in [-0.1, -0.05) is 42.5 Å². The molecule has 0 aliphatic carbocycles. The summed E-state index contributed by atoms with van der Waals surface area (Å²) in [5.41, 5.74) is 14.0. The van der Waals surface area contributed by atoms with Crippen LogP contribution in [0.15, 0.2) is 54.6 Å². The summed E-state index contributed by atoms with van der Waals surface area (Å²) in [6.07, 6.45) is 0. The lowest BCUT2D eigenvalue weighted by Gasteiger charge is -2.20. The van der Waals surface area contributed by atoms with Crippen LogP contribution in [0.4, 0.5) is 5.69 Å². The molecule has 2 unspecified atom stereocenters. The van der Waals surface area contributed by atoms with E-state index in [2.05, 4.69) is 0 Å². The van der Waals surface area contributed by atoms with E-state index in [1.54, 1.807) is 12.1 Å². The summed E-state index contributed by atoms with van der Waals surface area (Å²) in [5, 5.41) is 10.6. The molecule has 5 heteroatoms. The number of nitrogens with two attached hydrogens (primary N) is 2. The molecule has 0 spiro atoms. The summed E-state index contributed by atoms with van der Waals surface area (Å²) in [6.45, 7) is 0. The molecule has 4 N–H and O–H groups in total. The Morgan fingerprint density at radius 2 is 1.32 bits per heavy atom. The topological polar surface area (TPSA) is 95.2 Å². The average molecular weight is 257 g/mol. The van der Waals surface area contributed by atoms with E-state index in [4.69, 9.17) is 11.5 Å². The number of non-ortho nitro benzene ring substituents is 1. The number of rotatable bonds is 4. The first kappa shape index (κ1) is 13.2. The molecule has 0 aromatic heterocycles. The second-order valence-corrected chi connectivity index (χ2v) is 4.31. The highest BCUT2D eigenvalue weighted by molar-refractivity contribution is 5.35. The summed E-state index contributed by atoms with van der Waals surface area (Å²) in [5.74, 6) is 0. The van der Waals surface area contributed by atoms with Crippen molar-refractivity contribution in [3.8, 4) is 0 Å². The van der Waals surface area contributed by atoms with Gasteiger partial charge in [0.25, 0.3) is 5.69 Å². The van der Waals surface area contributed by atoms with Crippen molar-refractivity contribution in [1.29, 1.82) is 0 Å². The van der Waals surface area contributed by atoms with Gasteiger partial charge in [-0.2, -0.15) is 0 Å². The van der Waals surface area contributed by atoms with Gasteiger partial charge in [0, 0.05) is 24.2 Å². The zero-order chi connectivity index (χ0) is 13.8. The molecule has 0 aliphatic rings. The fourth-order valence-electron chi connectivity index (χ4n) is 1.91. The molecule has 0 aliphatic heterocycles. The highest BCUT2D eigenvalue weighted by Crippen LogP contribution is 2.25. The Kier molecular flexibility index (Phi) is 3.89. The van der Waals surface area contributed by atoms with Crippen LogP contribution in [-0.4, -0.2) is 4.92 Å². The van der Waals surface area contributed by atoms with Crippen molar-refractivity contribution in [2.75, 3.05) is 0 Å². The number of benzene rings is 2. The molecule has 0 saturated carbocycles. The molecule has 5 nitrogen and oxygen atoms in total. The first-order valence-electron chi connectivity index (χ1n) is 5.90. The van der Waals surface area contributed by atoms with Gasteiger partial charge in [0.05, 0.1) is 4.92 Å². The zero-order valence-corrected chi connectivity index (χ0v) is 10.3. The second-order valence-electron chi connectivity index (χ2n) is 4.31. The maximum Gasteiger partial charge on any atom is 0.269 e. The van der Waals surface area contributed by atoms with E-state index in [9.17, 15) is 10.1 Å². The van der Waals surface area contributed by atoms with Crippen LogP contribution in [0.5, 0.6) is 0 Å². The van der Waals surface area contributed by atoms with E-state index >= 15 is 0 Å². The summed E-state index contributed by atoms with van der Waals surface area (Å²) in [4.78, 5) is 10.1. The Balaban J connectivity index is 2.19. The lowest BCUT2D eigenvalue weighted by molar-refractivity contribution is -0.384. The maximum atomic E-state index is 10.6. The minimum Gasteiger partial charge on any atom is -0.322 e. The molecule has 0 radical (unpaired) electrons. The third-order valence-corrected chi connectivity index (χ3v) is 3.06. The van der Waals surface area contributed by atoms with Crippen LogP contribution in [0.2, 0.25) is 0 Å². The van der Waals surface area contributed by atoms with Gasteiger partial charge >= 0.3 is 0 Å². The molecular weight excluding hydrogens is 242 g/mol. The lowest BCUT2D eigenvalue weighted by Crippen LogP contribution is -2.26. The van der Waals surface area contributed by atoms with Crippen LogP contribution in [0.1, 0.15) is 23.2 Å². The minimum absolute atomic E-state index is 0.0456. The third kappa shape index (κ3) is 2.96. The zero-order valence-electron chi connectivity index (χ0n) is 10.3. The largest absolute Gasteiger partial charge is 0.322 e. The monoisotopic (exact) mass is 257 g/mol. The smallest absolute Gasteiger partial charge is 0.269 e. The quantitative estimate of drug-likeness (QED) is 0.649. The highest BCUT2D eigenvalue weighted by atomic mass is 16.6. The van der Waals surface area contributed by atoms with E-state index in [0.29, 0.717) is 0 Å². The van der Waals surface area contributed by atoms with Crippen LogP contribution < -0.4 is 11.5 Å². The van der Waals surface area contributed by atoms with Crippen molar-refractivity contribution < 1.29 is 4.92 Å². The molecule has 0 bridgehead atoms. The number of hydrogen-bond donors (Lipinski definition) is 2. The van der Waals surface area contributed by atoms with Gasteiger partial charge < -0.3 is 11.5 Å². The van der Waals surface area contributed by atoms with Crippen LogP contribution in [0.25, 0.3) is 0 Å². The van der Waals surface area contributed by atoms with Gasteiger partial charge in [-0.3, -0.25) is 10.1 Å². The fraction of sp³-hybridized carbons (Fsp3) is 0.143. The first-order valence-corrected chi connectivity index (χ1v) is 5.90. The second kappa shape index (κ2) is 5.60. The van der Waals surface area contributed by atoms with E-state index in [-0.39, 0.29) is 11.7 Å². The lowest BCUT2D eigenvalue weighted by atomic mass is 9.95. The Morgan fingerprint density at radius 3 is 1.79 bits per heavy atom. The van der Waals surface area contributed by atoms with Crippen LogP contribution in [0, 0.1) is 10.1 Å². The molecule has 0 saturated heterocycles. The van der Waals surface area contributed by atoms with Crippen molar-refractivity contribution in [3.05, 3.63) is 75.8 Å². The van der Waals surface area contributed by atoms with Gasteiger partial charge in [-0.15, -0.1) is 0 Å². The molecule has 0 amide bonds. The molecule has 0 heterocycles. The van der Waals surface area contributed by atoms with E-state index in [1.165, 1.54) is 12.1 Å². The first-order chi connectivity index (χ1) is 9.09. The Hall–Kier alpha value is -2.24. The Bertz CT molecular complexity index is 555. The molecule has 19 heavy (non-hydrogen) atoms. The van der Waals surface area contributed by atoms with Crippen molar-refractivity contribution >= 4 is 5.69 Å². The van der Waals surface area contributed by atoms with Gasteiger partial charge in [-0.05, 0) is 11.1 Å². The van der Waals surface area contributed by atoms with Gasteiger partial charge in [0.2, 0.25) is 0 Å². The predicted molar refractivity (Wildman–Crippen MR) is 73.4 cm³/mol. The summed E-state index contributed by atoms with van der Waals surface area (Å²) >= 11 is 0. The molecule has 2 atom stereocenters. The van der Waals surface area contributed by atoms with Crippen molar-refractivity contribution in [1.82, 2.24) is 0 Å². The maximum absolute atomic E-state index is 10.6. The Labute approximate surface area is 111 Å². The predicted octanol–water partition coefficient (Wildman–Crippen LogP) is 2.29. The third-order valence-electron chi connectivity index (χ3n) is 3.06. The molecule has 0 fully saturated rings. The van der Waals surface area contributed by atoms with Gasteiger partial charge in [0.1, 0.15) is 0 Å². The van der Waals surface area contributed by atoms with Crippen LogP contribution in [0.3, 0.4) is 0 Å². The standard InChI is InChI=1S/C14H15N3O2/c15-13(10-4-2-1-3-5-10)14(16)11-6-8-12(9-7-11)17(18)19/h1-9,13-14H,15-16H2. The summed E-state index contributed by atoms with van der Waals surface area (Å²) in [6, 6.07) is 15.0. The van der Waals surface area contributed by atoms with Crippen molar-refractivity contribution in [2.45, 2.75) is 12.1 Å². The van der Waals surface area contributed by atoms with E-state index < -0.39 is 11.0 Å². The van der Waals surface area contributed by atoms with Crippen molar-refractivity contribution in [3.63, 3.8) is 0 Å². The molecule has 2 aromatic carbocycles. The van der Waals surface area contributed by atoms with E-state index in [0.717, 1.165) is 11.1 Å². The van der Waals surface area contributed by atoms with Gasteiger partial charge in [0.15, 0.2) is 0 Å². The number of hydrogen-bond acceptors (Lipinski definition) is 4. The normalized spacial score (nSPS) is 13.8. The van der Waals surface area contributed by atoms with Crippen molar-refractivity contribution in [2.24, 2.45) is 11.5 Å². The molecule has 2 aromatic rings. The van der Waals surface area contributed by atoms with Crippen LogP contribution >= 0.6 is 0 Å². The number of nitro benzene ring substituents is 1. The molecular formula is C14H15N3O2. The van der Waals surface area contributed by atoms with Gasteiger partial charge in [-0.25, -0.2) is 0 Å². The molecule has 2 rings (SSSR count). The summed E-state index contributed by atoms with van der Waals surface area (Å²) < 4.78 is 0. The van der Waals surface area contributed by atoms with E-state index in [1.807, 2.05) is 30.3 Å². The fourth-order valence-corrected chi connectivity index (χ4v) is 1.91. The minimum atomic E-state index is -0.438. The molecule has 98 valence electrons. The number of nitrogens with zero attached hydrogens (tertiary/aromatic N) is 1. The Morgan fingerprint density at radius 1 is 0.842 bits per heavy atom. The highest BCUT2D eigenvalue weighted by Gasteiger charge is 2.17. The van der Waals surface area contributed by atoms with Crippen LogP contribution in [-0.2, 0) is 0 Å².